The van der Waals surface area contributed by atoms with Crippen molar-refractivity contribution < 1.29 is 9.50 Å². The van der Waals surface area contributed by atoms with E-state index >= 15 is 0 Å². The zero-order valence-electron chi connectivity index (χ0n) is 12.1. The van der Waals surface area contributed by atoms with Crippen molar-refractivity contribution in [2.75, 3.05) is 11.9 Å². The van der Waals surface area contributed by atoms with E-state index in [-0.39, 0.29) is 12.4 Å². The first-order chi connectivity index (χ1) is 9.52. The number of aromatic nitrogens is 2. The van der Waals surface area contributed by atoms with Gasteiger partial charge in [0.05, 0.1) is 24.5 Å². The SMILES string of the molecule is Cc1ccc(F)c(NCc2c(C)nn(CCO)c2C)c1. The van der Waals surface area contributed by atoms with Gasteiger partial charge in [-0.3, -0.25) is 4.68 Å². The minimum atomic E-state index is -0.256. The third-order valence-corrected chi connectivity index (χ3v) is 3.42. The second kappa shape index (κ2) is 6.05. The van der Waals surface area contributed by atoms with Gasteiger partial charge in [-0.05, 0) is 38.5 Å². The molecule has 1 aromatic heterocycles. The van der Waals surface area contributed by atoms with Gasteiger partial charge in [0.1, 0.15) is 5.82 Å². The second-order valence-electron chi connectivity index (χ2n) is 4.93. The standard InChI is InChI=1S/C15H20FN3O/c1-10-4-5-14(16)15(8-10)17-9-13-11(2)18-19(6-7-20)12(13)3/h4-5,8,17,20H,6-7,9H2,1-3H3. The Labute approximate surface area is 118 Å². The summed E-state index contributed by atoms with van der Waals surface area (Å²) in [5.74, 6) is -0.256. The lowest BCUT2D eigenvalue weighted by Crippen LogP contribution is -2.07. The van der Waals surface area contributed by atoms with E-state index in [4.69, 9.17) is 5.11 Å². The first-order valence-electron chi connectivity index (χ1n) is 6.66. The molecule has 0 fully saturated rings. The summed E-state index contributed by atoms with van der Waals surface area (Å²) in [6.07, 6.45) is 0. The maximum absolute atomic E-state index is 13.7. The van der Waals surface area contributed by atoms with Crippen molar-refractivity contribution in [1.29, 1.82) is 0 Å². The number of benzene rings is 1. The average molecular weight is 277 g/mol. The predicted octanol–water partition coefficient (Wildman–Crippen LogP) is 2.55. The second-order valence-corrected chi connectivity index (χ2v) is 4.93. The largest absolute Gasteiger partial charge is 0.394 e. The molecule has 0 aliphatic heterocycles. The first kappa shape index (κ1) is 14.5. The molecular weight excluding hydrogens is 257 g/mol. The van der Waals surface area contributed by atoms with Gasteiger partial charge in [-0.15, -0.1) is 0 Å². The molecule has 0 saturated heterocycles. The van der Waals surface area contributed by atoms with Crippen LogP contribution >= 0.6 is 0 Å². The number of nitrogens with one attached hydrogen (secondary N) is 1. The van der Waals surface area contributed by atoms with Gasteiger partial charge in [0, 0.05) is 17.8 Å². The highest BCUT2D eigenvalue weighted by molar-refractivity contribution is 5.48. The molecule has 0 aliphatic carbocycles. The maximum Gasteiger partial charge on any atom is 0.146 e. The molecule has 0 radical (unpaired) electrons. The lowest BCUT2D eigenvalue weighted by Gasteiger charge is -2.09. The molecule has 0 amide bonds. The Kier molecular flexibility index (Phi) is 4.39. The number of aliphatic hydroxyl groups is 1. The van der Waals surface area contributed by atoms with E-state index in [1.807, 2.05) is 20.8 Å². The Morgan fingerprint density at radius 3 is 2.75 bits per heavy atom. The first-order valence-corrected chi connectivity index (χ1v) is 6.66. The van der Waals surface area contributed by atoms with Crippen LogP contribution in [0.1, 0.15) is 22.5 Å². The minimum Gasteiger partial charge on any atom is -0.394 e. The van der Waals surface area contributed by atoms with E-state index in [0.717, 1.165) is 22.5 Å². The molecule has 108 valence electrons. The topological polar surface area (TPSA) is 50.1 Å². The number of hydrogen-bond acceptors (Lipinski definition) is 3. The average Bonchev–Trinajstić information content (AvgIpc) is 2.67. The minimum absolute atomic E-state index is 0.0569. The van der Waals surface area contributed by atoms with E-state index in [1.54, 1.807) is 16.8 Å². The van der Waals surface area contributed by atoms with Crippen LogP contribution in [0, 0.1) is 26.6 Å². The van der Waals surface area contributed by atoms with Crippen LogP contribution in [0.2, 0.25) is 0 Å². The Morgan fingerprint density at radius 2 is 2.05 bits per heavy atom. The van der Waals surface area contributed by atoms with Gasteiger partial charge < -0.3 is 10.4 Å². The highest BCUT2D eigenvalue weighted by atomic mass is 19.1. The molecule has 2 N–H and O–H groups in total. The Hall–Kier alpha value is -1.88. The normalized spacial score (nSPS) is 10.8. The molecule has 0 unspecified atom stereocenters. The molecule has 1 heterocycles. The molecule has 0 saturated carbocycles. The van der Waals surface area contributed by atoms with E-state index in [2.05, 4.69) is 10.4 Å². The van der Waals surface area contributed by atoms with Gasteiger partial charge in [-0.25, -0.2) is 4.39 Å². The van der Waals surface area contributed by atoms with E-state index < -0.39 is 0 Å². The van der Waals surface area contributed by atoms with Crippen molar-refractivity contribution in [2.24, 2.45) is 0 Å². The monoisotopic (exact) mass is 277 g/mol. The molecule has 0 atom stereocenters. The van der Waals surface area contributed by atoms with Crippen LogP contribution in [-0.2, 0) is 13.1 Å². The van der Waals surface area contributed by atoms with E-state index in [9.17, 15) is 4.39 Å². The number of nitrogens with zero attached hydrogens (tertiary/aromatic N) is 2. The quantitative estimate of drug-likeness (QED) is 0.883. The van der Waals surface area contributed by atoms with Crippen LogP contribution in [-0.4, -0.2) is 21.5 Å². The molecule has 0 aliphatic rings. The molecule has 5 heteroatoms. The fraction of sp³-hybridized carbons (Fsp3) is 0.400. The van der Waals surface area contributed by atoms with Crippen molar-refractivity contribution in [3.8, 4) is 0 Å². The zero-order chi connectivity index (χ0) is 14.7. The van der Waals surface area contributed by atoms with Crippen LogP contribution < -0.4 is 5.32 Å². The summed E-state index contributed by atoms with van der Waals surface area (Å²) >= 11 is 0. The lowest BCUT2D eigenvalue weighted by atomic mass is 10.1. The van der Waals surface area contributed by atoms with Crippen molar-refractivity contribution in [3.63, 3.8) is 0 Å². The zero-order valence-corrected chi connectivity index (χ0v) is 12.1. The van der Waals surface area contributed by atoms with Crippen LogP contribution in [0.15, 0.2) is 18.2 Å². The number of aliphatic hydroxyl groups excluding tert-OH is 1. The fourth-order valence-corrected chi connectivity index (χ4v) is 2.26. The third-order valence-electron chi connectivity index (χ3n) is 3.42. The van der Waals surface area contributed by atoms with E-state index in [0.29, 0.717) is 18.8 Å². The smallest absolute Gasteiger partial charge is 0.146 e. The summed E-state index contributed by atoms with van der Waals surface area (Å²) in [7, 11) is 0. The molecule has 20 heavy (non-hydrogen) atoms. The number of hydrogen-bond donors (Lipinski definition) is 2. The van der Waals surface area contributed by atoms with Crippen LogP contribution in [0.5, 0.6) is 0 Å². The maximum atomic E-state index is 13.7. The highest BCUT2D eigenvalue weighted by Crippen LogP contribution is 2.19. The van der Waals surface area contributed by atoms with Crippen molar-refractivity contribution >= 4 is 5.69 Å². The molecule has 0 bridgehead atoms. The van der Waals surface area contributed by atoms with Gasteiger partial charge in [-0.1, -0.05) is 6.07 Å². The summed E-state index contributed by atoms with van der Waals surface area (Å²) in [5.41, 5.74) is 4.45. The molecular formula is C15H20FN3O. The number of halogens is 1. The van der Waals surface area contributed by atoms with Gasteiger partial charge in [-0.2, -0.15) is 5.10 Å². The van der Waals surface area contributed by atoms with Gasteiger partial charge in [0.2, 0.25) is 0 Å². The summed E-state index contributed by atoms with van der Waals surface area (Å²) < 4.78 is 15.5. The van der Waals surface area contributed by atoms with Crippen LogP contribution in [0.4, 0.5) is 10.1 Å². The Balaban J connectivity index is 2.16. The fourth-order valence-electron chi connectivity index (χ4n) is 2.26. The number of rotatable bonds is 5. The molecule has 1 aromatic carbocycles. The molecule has 2 aromatic rings. The van der Waals surface area contributed by atoms with Gasteiger partial charge >= 0.3 is 0 Å². The van der Waals surface area contributed by atoms with Crippen molar-refractivity contribution in [1.82, 2.24) is 9.78 Å². The van der Waals surface area contributed by atoms with Crippen LogP contribution in [0.25, 0.3) is 0 Å². The summed E-state index contributed by atoms with van der Waals surface area (Å²) in [5, 5.41) is 16.5. The van der Waals surface area contributed by atoms with Crippen molar-refractivity contribution in [2.45, 2.75) is 33.9 Å². The van der Waals surface area contributed by atoms with Crippen LogP contribution in [0.3, 0.4) is 0 Å². The highest BCUT2D eigenvalue weighted by Gasteiger charge is 2.11. The summed E-state index contributed by atoms with van der Waals surface area (Å²) in [4.78, 5) is 0. The predicted molar refractivity (Wildman–Crippen MR) is 77.3 cm³/mol. The lowest BCUT2D eigenvalue weighted by molar-refractivity contribution is 0.268. The Bertz CT molecular complexity index is 607. The molecule has 0 spiro atoms. The third kappa shape index (κ3) is 2.99. The van der Waals surface area contributed by atoms with Gasteiger partial charge in [0.25, 0.3) is 0 Å². The summed E-state index contributed by atoms with van der Waals surface area (Å²) in [6, 6.07) is 5.00. The number of anilines is 1. The van der Waals surface area contributed by atoms with Gasteiger partial charge in [0.15, 0.2) is 0 Å². The Morgan fingerprint density at radius 1 is 1.30 bits per heavy atom. The molecule has 4 nitrogen and oxygen atoms in total. The summed E-state index contributed by atoms with van der Waals surface area (Å²) in [6.45, 7) is 6.86. The number of aryl methyl sites for hydroxylation is 2. The van der Waals surface area contributed by atoms with Crippen molar-refractivity contribution in [3.05, 3.63) is 46.5 Å². The van der Waals surface area contributed by atoms with E-state index in [1.165, 1.54) is 6.07 Å². The molecule has 2 rings (SSSR count).